The van der Waals surface area contributed by atoms with Gasteiger partial charge in [0.25, 0.3) is 11.7 Å². The highest BCUT2D eigenvalue weighted by Crippen LogP contribution is 2.40. The van der Waals surface area contributed by atoms with E-state index in [2.05, 4.69) is 20.8 Å². The van der Waals surface area contributed by atoms with Crippen molar-refractivity contribution in [1.82, 2.24) is 4.90 Å². The Morgan fingerprint density at radius 2 is 1.59 bits per heavy atom. The molecule has 1 atom stereocenters. The SMILES string of the molecule is COc1ccc(CCN2C(=O)C(=O)/C(=C(/O)c3cc(C)ccc3C)C2c2ccc(C(C)(C)C)cc2)cc1. The van der Waals surface area contributed by atoms with E-state index in [0.717, 1.165) is 33.6 Å². The van der Waals surface area contributed by atoms with Crippen molar-refractivity contribution in [2.75, 3.05) is 13.7 Å². The van der Waals surface area contributed by atoms with Gasteiger partial charge in [-0.05, 0) is 66.1 Å². The number of ether oxygens (including phenoxy) is 1. The molecule has 1 amide bonds. The minimum atomic E-state index is -0.674. The second-order valence-corrected chi connectivity index (χ2v) is 10.8. The first-order chi connectivity index (χ1) is 17.5. The first kappa shape index (κ1) is 26.2. The Labute approximate surface area is 219 Å². The van der Waals surface area contributed by atoms with Crippen LogP contribution in [0.4, 0.5) is 0 Å². The van der Waals surface area contributed by atoms with E-state index in [1.165, 1.54) is 0 Å². The van der Waals surface area contributed by atoms with Crippen LogP contribution in [0.15, 0.2) is 72.3 Å². The van der Waals surface area contributed by atoms with Crippen LogP contribution in [0.2, 0.25) is 0 Å². The van der Waals surface area contributed by atoms with Crippen LogP contribution in [0.5, 0.6) is 5.75 Å². The van der Waals surface area contributed by atoms with E-state index in [1.807, 2.05) is 80.6 Å². The van der Waals surface area contributed by atoms with Crippen molar-refractivity contribution in [3.8, 4) is 5.75 Å². The zero-order chi connectivity index (χ0) is 26.9. The fourth-order valence-electron chi connectivity index (χ4n) is 4.80. The number of nitrogens with zero attached hydrogens (tertiary/aromatic N) is 1. The molecule has 3 aromatic rings. The Morgan fingerprint density at radius 3 is 2.19 bits per heavy atom. The molecule has 1 aliphatic heterocycles. The molecule has 5 nitrogen and oxygen atoms in total. The molecule has 1 fully saturated rings. The van der Waals surface area contributed by atoms with Crippen LogP contribution in [-0.2, 0) is 21.4 Å². The number of carbonyl (C=O) groups excluding carboxylic acids is 2. The highest BCUT2D eigenvalue weighted by Gasteiger charge is 2.46. The molecule has 0 spiro atoms. The standard InChI is InChI=1S/C32H35NO4/c1-20-7-8-21(2)26(19-20)29(34)27-28(23-11-13-24(14-12-23)32(3,4)5)33(31(36)30(27)35)18-17-22-9-15-25(37-6)16-10-22/h7-16,19,28,34H,17-18H2,1-6H3/b29-27+. The number of aliphatic hydroxyl groups excluding tert-OH is 1. The molecule has 1 aliphatic rings. The average Bonchev–Trinajstić information content (AvgIpc) is 3.13. The summed E-state index contributed by atoms with van der Waals surface area (Å²) in [5, 5.41) is 11.5. The van der Waals surface area contributed by atoms with E-state index in [0.29, 0.717) is 18.5 Å². The van der Waals surface area contributed by atoms with E-state index in [4.69, 9.17) is 4.74 Å². The summed E-state index contributed by atoms with van der Waals surface area (Å²) in [6.07, 6.45) is 0.567. The number of methoxy groups -OCH3 is 1. The smallest absolute Gasteiger partial charge is 0.295 e. The molecule has 5 heteroatoms. The number of aryl methyl sites for hydroxylation is 2. The third-order valence-electron chi connectivity index (χ3n) is 7.08. The molecule has 1 N–H and O–H groups in total. The molecule has 0 bridgehead atoms. The molecule has 0 aromatic heterocycles. The van der Waals surface area contributed by atoms with Crippen LogP contribution in [0.25, 0.3) is 5.76 Å². The summed E-state index contributed by atoms with van der Waals surface area (Å²) in [4.78, 5) is 28.3. The largest absolute Gasteiger partial charge is 0.507 e. The van der Waals surface area contributed by atoms with Crippen LogP contribution in [0.3, 0.4) is 0 Å². The van der Waals surface area contributed by atoms with Crippen molar-refractivity contribution < 1.29 is 19.4 Å². The van der Waals surface area contributed by atoms with E-state index >= 15 is 0 Å². The van der Waals surface area contributed by atoms with Crippen molar-refractivity contribution in [3.05, 3.63) is 106 Å². The maximum atomic E-state index is 13.4. The number of likely N-dealkylation sites (tertiary alicyclic amines) is 1. The number of rotatable bonds is 6. The molecule has 4 rings (SSSR count). The van der Waals surface area contributed by atoms with Crippen LogP contribution >= 0.6 is 0 Å². The van der Waals surface area contributed by atoms with Gasteiger partial charge in [-0.2, -0.15) is 0 Å². The number of carbonyl (C=O) groups is 2. The van der Waals surface area contributed by atoms with Gasteiger partial charge < -0.3 is 14.7 Å². The van der Waals surface area contributed by atoms with E-state index in [9.17, 15) is 14.7 Å². The average molecular weight is 498 g/mol. The van der Waals surface area contributed by atoms with Crippen molar-refractivity contribution in [1.29, 1.82) is 0 Å². The summed E-state index contributed by atoms with van der Waals surface area (Å²) in [6, 6.07) is 20.7. The van der Waals surface area contributed by atoms with Gasteiger partial charge in [0.1, 0.15) is 11.5 Å². The third-order valence-corrected chi connectivity index (χ3v) is 7.08. The molecule has 0 saturated carbocycles. The van der Waals surface area contributed by atoms with E-state index in [-0.39, 0.29) is 16.7 Å². The lowest BCUT2D eigenvalue weighted by atomic mass is 9.85. The predicted octanol–water partition coefficient (Wildman–Crippen LogP) is 6.27. The van der Waals surface area contributed by atoms with Gasteiger partial charge in [0, 0.05) is 12.1 Å². The van der Waals surface area contributed by atoms with Gasteiger partial charge in [-0.1, -0.05) is 74.9 Å². The number of aliphatic hydroxyl groups is 1. The molecule has 192 valence electrons. The van der Waals surface area contributed by atoms with Crippen LogP contribution in [-0.4, -0.2) is 35.4 Å². The minimum Gasteiger partial charge on any atom is -0.507 e. The molecule has 37 heavy (non-hydrogen) atoms. The van der Waals surface area contributed by atoms with Gasteiger partial charge >= 0.3 is 0 Å². The van der Waals surface area contributed by atoms with Gasteiger partial charge in [0.15, 0.2) is 0 Å². The second kappa shape index (κ2) is 10.3. The first-order valence-electron chi connectivity index (χ1n) is 12.6. The number of Topliss-reactive ketones (excluding diaryl/α,β-unsaturated/α-hetero) is 1. The van der Waals surface area contributed by atoms with Crippen LogP contribution in [0.1, 0.15) is 60.2 Å². The van der Waals surface area contributed by atoms with Crippen LogP contribution in [0, 0.1) is 13.8 Å². The molecule has 0 radical (unpaired) electrons. The van der Waals surface area contributed by atoms with E-state index in [1.54, 1.807) is 12.0 Å². The quantitative estimate of drug-likeness (QED) is 0.247. The zero-order valence-electron chi connectivity index (χ0n) is 22.5. The molecule has 0 aliphatic carbocycles. The molecule has 1 saturated heterocycles. The Balaban J connectivity index is 1.79. The zero-order valence-corrected chi connectivity index (χ0v) is 22.5. The predicted molar refractivity (Wildman–Crippen MR) is 147 cm³/mol. The van der Waals surface area contributed by atoms with Crippen molar-refractivity contribution in [2.24, 2.45) is 0 Å². The number of benzene rings is 3. The second-order valence-electron chi connectivity index (χ2n) is 10.8. The number of ketones is 1. The van der Waals surface area contributed by atoms with Crippen molar-refractivity contribution in [2.45, 2.75) is 52.5 Å². The highest BCUT2D eigenvalue weighted by molar-refractivity contribution is 6.46. The fourth-order valence-corrected chi connectivity index (χ4v) is 4.80. The van der Waals surface area contributed by atoms with Gasteiger partial charge in [-0.3, -0.25) is 9.59 Å². The van der Waals surface area contributed by atoms with Gasteiger partial charge in [0.05, 0.1) is 18.7 Å². The lowest BCUT2D eigenvalue weighted by molar-refractivity contribution is -0.139. The Kier molecular flexibility index (Phi) is 7.26. The summed E-state index contributed by atoms with van der Waals surface area (Å²) >= 11 is 0. The monoisotopic (exact) mass is 497 g/mol. The summed E-state index contributed by atoms with van der Waals surface area (Å²) in [5.41, 5.74) is 5.46. The maximum absolute atomic E-state index is 13.4. The normalized spacial score (nSPS) is 17.4. The van der Waals surface area contributed by atoms with E-state index < -0.39 is 17.7 Å². The number of hydrogen-bond donors (Lipinski definition) is 1. The molecule has 1 unspecified atom stereocenters. The highest BCUT2D eigenvalue weighted by atomic mass is 16.5. The third kappa shape index (κ3) is 5.31. The molecule has 3 aromatic carbocycles. The van der Waals surface area contributed by atoms with Crippen molar-refractivity contribution in [3.63, 3.8) is 0 Å². The number of amides is 1. The van der Waals surface area contributed by atoms with Crippen LogP contribution < -0.4 is 4.74 Å². The maximum Gasteiger partial charge on any atom is 0.295 e. The first-order valence-corrected chi connectivity index (χ1v) is 12.6. The molecule has 1 heterocycles. The van der Waals surface area contributed by atoms with Crippen molar-refractivity contribution >= 4 is 17.4 Å². The molecular formula is C32H35NO4. The Morgan fingerprint density at radius 1 is 0.946 bits per heavy atom. The van der Waals surface area contributed by atoms with Gasteiger partial charge in [-0.15, -0.1) is 0 Å². The van der Waals surface area contributed by atoms with Gasteiger partial charge in [-0.25, -0.2) is 0 Å². The van der Waals surface area contributed by atoms with Gasteiger partial charge in [0.2, 0.25) is 0 Å². The lowest BCUT2D eigenvalue weighted by Gasteiger charge is -2.27. The molecular weight excluding hydrogens is 462 g/mol. The fraction of sp³-hybridized carbons (Fsp3) is 0.312. The summed E-state index contributed by atoms with van der Waals surface area (Å²) in [7, 11) is 1.62. The topological polar surface area (TPSA) is 66.8 Å². The minimum absolute atomic E-state index is 0.0343. The summed E-state index contributed by atoms with van der Waals surface area (Å²) in [6.45, 7) is 10.6. The summed E-state index contributed by atoms with van der Waals surface area (Å²) in [5.74, 6) is -0.614. The summed E-state index contributed by atoms with van der Waals surface area (Å²) < 4.78 is 5.24. The number of hydrogen-bond acceptors (Lipinski definition) is 4. The lowest BCUT2D eigenvalue weighted by Crippen LogP contribution is -2.31. The Bertz CT molecular complexity index is 1350. The Hall–Kier alpha value is -3.86.